The van der Waals surface area contributed by atoms with E-state index in [1.165, 1.54) is 11.8 Å². The van der Waals surface area contributed by atoms with Gasteiger partial charge in [0.2, 0.25) is 5.91 Å². The van der Waals surface area contributed by atoms with E-state index >= 15 is 0 Å². The number of carbonyl (C=O) groups excluding carboxylic acids is 1. The van der Waals surface area contributed by atoms with Crippen LogP contribution in [0.5, 0.6) is 0 Å². The molecule has 0 saturated heterocycles. The number of nitrogens with one attached hydrogen (secondary N) is 1. The van der Waals surface area contributed by atoms with Gasteiger partial charge in [0.05, 0.1) is 5.39 Å². The maximum atomic E-state index is 13.3. The van der Waals surface area contributed by atoms with Crippen molar-refractivity contribution in [2.75, 3.05) is 0 Å². The molecule has 2 aromatic heterocycles. The van der Waals surface area contributed by atoms with Crippen LogP contribution >= 0.6 is 23.1 Å². The lowest BCUT2D eigenvalue weighted by atomic mass is 10.1. The van der Waals surface area contributed by atoms with E-state index in [2.05, 4.69) is 5.32 Å². The second kappa shape index (κ2) is 7.95. The molecule has 1 N–H and O–H groups in total. The normalized spacial score (nSPS) is 15.1. The Hall–Kier alpha value is -2.12. The molecule has 29 heavy (non-hydrogen) atoms. The molecular formula is C22H25N3O2S2. The van der Waals surface area contributed by atoms with Gasteiger partial charge >= 0.3 is 0 Å². The molecule has 1 aliphatic carbocycles. The molecule has 7 heteroatoms. The first-order valence-electron chi connectivity index (χ1n) is 9.91. The van der Waals surface area contributed by atoms with Gasteiger partial charge in [0.1, 0.15) is 10.1 Å². The van der Waals surface area contributed by atoms with Gasteiger partial charge in [-0.2, -0.15) is 0 Å². The van der Waals surface area contributed by atoms with Gasteiger partial charge in [-0.3, -0.25) is 14.2 Å². The van der Waals surface area contributed by atoms with E-state index in [4.69, 9.17) is 4.98 Å². The summed E-state index contributed by atoms with van der Waals surface area (Å²) in [5.74, 6) is -0.0214. The van der Waals surface area contributed by atoms with Gasteiger partial charge in [-0.1, -0.05) is 42.1 Å². The van der Waals surface area contributed by atoms with Gasteiger partial charge in [0.25, 0.3) is 5.56 Å². The Morgan fingerprint density at radius 3 is 2.55 bits per heavy atom. The maximum Gasteiger partial charge on any atom is 0.263 e. The van der Waals surface area contributed by atoms with Gasteiger partial charge in [-0.05, 0) is 51.7 Å². The zero-order chi connectivity index (χ0) is 20.7. The summed E-state index contributed by atoms with van der Waals surface area (Å²) in [6.45, 7) is 7.96. The van der Waals surface area contributed by atoms with Gasteiger partial charge in [0, 0.05) is 17.0 Å². The number of hydrogen-bond acceptors (Lipinski definition) is 5. The van der Waals surface area contributed by atoms with E-state index in [-0.39, 0.29) is 23.6 Å². The number of rotatable bonds is 6. The molecule has 5 nitrogen and oxygen atoms in total. The van der Waals surface area contributed by atoms with Gasteiger partial charge < -0.3 is 5.32 Å². The summed E-state index contributed by atoms with van der Waals surface area (Å²) in [6, 6.07) is 9.95. The molecule has 152 valence electrons. The fourth-order valence-electron chi connectivity index (χ4n) is 3.34. The Morgan fingerprint density at radius 1 is 1.24 bits per heavy atom. The predicted octanol–water partition coefficient (Wildman–Crippen LogP) is 4.77. The lowest BCUT2D eigenvalue weighted by Gasteiger charge is -2.20. The number of aromatic nitrogens is 2. The van der Waals surface area contributed by atoms with Crippen LogP contribution in [0.3, 0.4) is 0 Å². The molecule has 1 fully saturated rings. The van der Waals surface area contributed by atoms with Crippen molar-refractivity contribution in [2.45, 2.75) is 63.0 Å². The molecule has 1 aliphatic rings. The van der Waals surface area contributed by atoms with E-state index in [0.29, 0.717) is 10.5 Å². The number of carbonyl (C=O) groups is 1. The fraction of sp³-hybridized carbons (Fsp3) is 0.409. The third-order valence-electron chi connectivity index (χ3n) is 5.21. The van der Waals surface area contributed by atoms with Crippen LogP contribution < -0.4 is 10.9 Å². The summed E-state index contributed by atoms with van der Waals surface area (Å²) >= 11 is 2.91. The number of amides is 1. The Kier molecular flexibility index (Phi) is 5.53. The van der Waals surface area contributed by atoms with Crippen LogP contribution in [-0.2, 0) is 4.79 Å². The number of thiophene rings is 1. The molecule has 3 aromatic rings. The van der Waals surface area contributed by atoms with Crippen LogP contribution in [0.25, 0.3) is 10.2 Å². The lowest BCUT2D eigenvalue weighted by molar-refractivity contribution is -0.120. The highest BCUT2D eigenvalue weighted by atomic mass is 32.2. The summed E-state index contributed by atoms with van der Waals surface area (Å²) in [5, 5.41) is 3.96. The first-order chi connectivity index (χ1) is 13.9. The van der Waals surface area contributed by atoms with E-state index < -0.39 is 5.25 Å². The first-order valence-corrected chi connectivity index (χ1v) is 11.6. The van der Waals surface area contributed by atoms with Crippen molar-refractivity contribution in [3.8, 4) is 0 Å². The fourth-order valence-corrected chi connectivity index (χ4v) is 5.64. The van der Waals surface area contributed by atoms with E-state index in [9.17, 15) is 9.59 Å². The molecule has 0 aliphatic heterocycles. The van der Waals surface area contributed by atoms with Crippen LogP contribution in [0.2, 0.25) is 0 Å². The molecule has 4 rings (SSSR count). The van der Waals surface area contributed by atoms with E-state index in [1.54, 1.807) is 15.9 Å². The summed E-state index contributed by atoms with van der Waals surface area (Å²) < 4.78 is 1.73. The van der Waals surface area contributed by atoms with Gasteiger partial charge in [0.15, 0.2) is 5.16 Å². The molecule has 1 amide bonds. The Bertz CT molecular complexity index is 1110. The Labute approximate surface area is 178 Å². The first kappa shape index (κ1) is 20.2. The monoisotopic (exact) mass is 427 g/mol. The zero-order valence-corrected chi connectivity index (χ0v) is 18.7. The second-order valence-corrected chi connectivity index (χ2v) is 10.1. The lowest BCUT2D eigenvalue weighted by Crippen LogP contribution is -2.31. The van der Waals surface area contributed by atoms with Crippen molar-refractivity contribution in [3.63, 3.8) is 0 Å². The van der Waals surface area contributed by atoms with Crippen molar-refractivity contribution in [1.82, 2.24) is 14.9 Å². The van der Waals surface area contributed by atoms with E-state index in [0.717, 1.165) is 33.7 Å². The second-order valence-electron chi connectivity index (χ2n) is 7.82. The minimum Gasteiger partial charge on any atom is -0.352 e. The number of thioether (sulfide) groups is 1. The number of benzene rings is 1. The Balaban J connectivity index is 1.81. The minimum atomic E-state index is -0.451. The molecule has 0 bridgehead atoms. The van der Waals surface area contributed by atoms with Crippen LogP contribution in [0, 0.1) is 13.8 Å². The van der Waals surface area contributed by atoms with Crippen molar-refractivity contribution in [3.05, 3.63) is 56.7 Å². The van der Waals surface area contributed by atoms with Crippen molar-refractivity contribution in [1.29, 1.82) is 0 Å². The summed E-state index contributed by atoms with van der Waals surface area (Å²) in [5.41, 5.74) is 1.89. The standard InChI is InChI=1S/C22H25N3O2S2/c1-12(2)25-21(27)17-13(3)14(4)28-20(17)24-22(25)29-18(15-8-6-5-7-9-15)19(26)23-16-10-11-16/h5-9,12,16,18H,10-11H2,1-4H3,(H,23,26)/t18-/m1/s1. The van der Waals surface area contributed by atoms with Crippen LogP contribution in [0.1, 0.15) is 54.0 Å². The third-order valence-corrected chi connectivity index (χ3v) is 7.53. The third kappa shape index (κ3) is 3.98. The van der Waals surface area contributed by atoms with Gasteiger partial charge in [-0.25, -0.2) is 4.98 Å². The quantitative estimate of drug-likeness (QED) is 0.455. The summed E-state index contributed by atoms with van der Waals surface area (Å²) in [4.78, 5) is 33.1. The topological polar surface area (TPSA) is 64.0 Å². The zero-order valence-electron chi connectivity index (χ0n) is 17.1. The van der Waals surface area contributed by atoms with Crippen molar-refractivity contribution in [2.24, 2.45) is 0 Å². The molecule has 1 aromatic carbocycles. The highest BCUT2D eigenvalue weighted by Gasteiger charge is 2.31. The predicted molar refractivity (Wildman–Crippen MR) is 120 cm³/mol. The number of fused-ring (bicyclic) bond motifs is 1. The largest absolute Gasteiger partial charge is 0.352 e. The number of hydrogen-bond donors (Lipinski definition) is 1. The summed E-state index contributed by atoms with van der Waals surface area (Å²) in [7, 11) is 0. The maximum absolute atomic E-state index is 13.3. The molecule has 0 unspecified atom stereocenters. The van der Waals surface area contributed by atoms with Crippen LogP contribution in [-0.4, -0.2) is 21.5 Å². The SMILES string of the molecule is Cc1sc2nc(S[C@@H](C(=O)NC3CC3)c3ccccc3)n(C(C)C)c(=O)c2c1C. The van der Waals surface area contributed by atoms with Crippen LogP contribution in [0.15, 0.2) is 40.3 Å². The highest BCUT2D eigenvalue weighted by Crippen LogP contribution is 2.37. The summed E-state index contributed by atoms with van der Waals surface area (Å²) in [6.07, 6.45) is 2.07. The number of nitrogens with zero attached hydrogens (tertiary/aromatic N) is 2. The molecule has 1 atom stereocenters. The number of aryl methyl sites for hydroxylation is 2. The van der Waals surface area contributed by atoms with Crippen molar-refractivity contribution >= 4 is 39.2 Å². The van der Waals surface area contributed by atoms with Crippen molar-refractivity contribution < 1.29 is 4.79 Å². The Morgan fingerprint density at radius 2 is 1.93 bits per heavy atom. The highest BCUT2D eigenvalue weighted by molar-refractivity contribution is 8.00. The molecule has 1 saturated carbocycles. The van der Waals surface area contributed by atoms with Crippen LogP contribution in [0.4, 0.5) is 0 Å². The molecule has 0 radical (unpaired) electrons. The van der Waals surface area contributed by atoms with Gasteiger partial charge in [-0.15, -0.1) is 11.3 Å². The smallest absolute Gasteiger partial charge is 0.263 e. The molecular weight excluding hydrogens is 402 g/mol. The molecule has 0 spiro atoms. The average Bonchev–Trinajstić information content (AvgIpc) is 3.44. The molecule has 2 heterocycles. The minimum absolute atomic E-state index is 0.0214. The average molecular weight is 428 g/mol. The van der Waals surface area contributed by atoms with E-state index in [1.807, 2.05) is 58.0 Å².